The number of nitrogens with one attached hydrogen (secondary N) is 1. The second-order valence-electron chi connectivity index (χ2n) is 4.45. The molecular weight excluding hydrogens is 326 g/mol. The highest BCUT2D eigenvalue weighted by Gasteiger charge is 2.43. The molecule has 2 aromatic rings. The van der Waals surface area contributed by atoms with Crippen LogP contribution in [0.4, 0.5) is 32.0 Å². The van der Waals surface area contributed by atoms with E-state index in [1.807, 2.05) is 0 Å². The molecular formula is C14H8F6N2O. The predicted octanol–water partition coefficient (Wildman–Crippen LogP) is 4.37. The van der Waals surface area contributed by atoms with E-state index in [0.717, 1.165) is 6.07 Å². The minimum atomic E-state index is -5.21. The van der Waals surface area contributed by atoms with Crippen LogP contribution in [0.2, 0.25) is 0 Å². The average molecular weight is 334 g/mol. The molecule has 0 saturated carbocycles. The first kappa shape index (κ1) is 16.8. The van der Waals surface area contributed by atoms with Gasteiger partial charge in [0, 0.05) is 18.1 Å². The summed E-state index contributed by atoms with van der Waals surface area (Å²) in [6.07, 6.45) is -7.81. The lowest BCUT2D eigenvalue weighted by atomic mass is 10.1. The van der Waals surface area contributed by atoms with Gasteiger partial charge >= 0.3 is 12.4 Å². The molecule has 3 nitrogen and oxygen atoms in total. The Morgan fingerprint density at radius 2 is 1.61 bits per heavy atom. The lowest BCUT2D eigenvalue weighted by Gasteiger charge is -2.16. The van der Waals surface area contributed by atoms with Crippen molar-refractivity contribution < 1.29 is 31.1 Å². The number of hydrogen-bond acceptors (Lipinski definition) is 2. The Hall–Kier alpha value is -2.58. The molecule has 0 unspecified atom stereocenters. The van der Waals surface area contributed by atoms with E-state index in [1.54, 1.807) is 0 Å². The van der Waals surface area contributed by atoms with Crippen molar-refractivity contribution in [3.8, 4) is 0 Å². The Labute approximate surface area is 126 Å². The van der Waals surface area contributed by atoms with Crippen LogP contribution in [0.5, 0.6) is 0 Å². The number of rotatable bonds is 2. The molecule has 122 valence electrons. The zero-order chi connectivity index (χ0) is 17.3. The highest BCUT2D eigenvalue weighted by molar-refractivity contribution is 6.04. The molecule has 0 aliphatic heterocycles. The van der Waals surface area contributed by atoms with Crippen molar-refractivity contribution in [3.63, 3.8) is 0 Å². The topological polar surface area (TPSA) is 42.0 Å². The third kappa shape index (κ3) is 3.99. The minimum absolute atomic E-state index is 0.0564. The van der Waals surface area contributed by atoms with Crippen LogP contribution in [0.1, 0.15) is 21.5 Å². The van der Waals surface area contributed by atoms with Crippen LogP contribution in [-0.2, 0) is 12.4 Å². The largest absolute Gasteiger partial charge is 0.417 e. The number of alkyl halides is 6. The van der Waals surface area contributed by atoms with E-state index in [-0.39, 0.29) is 17.7 Å². The van der Waals surface area contributed by atoms with E-state index in [2.05, 4.69) is 10.3 Å². The van der Waals surface area contributed by atoms with E-state index in [1.165, 1.54) is 24.5 Å². The van der Waals surface area contributed by atoms with Gasteiger partial charge in [-0.25, -0.2) is 0 Å². The molecule has 0 aliphatic rings. The van der Waals surface area contributed by atoms with Crippen LogP contribution in [0.15, 0.2) is 42.7 Å². The summed E-state index contributed by atoms with van der Waals surface area (Å²) in [7, 11) is 0. The highest BCUT2D eigenvalue weighted by atomic mass is 19.4. The third-order valence-corrected chi connectivity index (χ3v) is 2.81. The quantitative estimate of drug-likeness (QED) is 0.829. The van der Waals surface area contributed by atoms with Gasteiger partial charge in [0.05, 0.1) is 16.7 Å². The van der Waals surface area contributed by atoms with E-state index < -0.39 is 35.1 Å². The van der Waals surface area contributed by atoms with Crippen LogP contribution < -0.4 is 5.32 Å². The second-order valence-corrected chi connectivity index (χ2v) is 4.45. The first-order chi connectivity index (χ1) is 10.6. The summed E-state index contributed by atoms with van der Waals surface area (Å²) in [5.74, 6) is -0.786. The predicted molar refractivity (Wildman–Crippen MR) is 68.6 cm³/mol. The first-order valence-corrected chi connectivity index (χ1v) is 6.09. The Morgan fingerprint density at radius 1 is 0.957 bits per heavy atom. The van der Waals surface area contributed by atoms with Crippen molar-refractivity contribution in [1.82, 2.24) is 4.98 Å². The normalized spacial score (nSPS) is 12.1. The third-order valence-electron chi connectivity index (χ3n) is 2.81. The number of anilines is 1. The SMILES string of the molecule is O=C(Nc1ccc(C(F)(F)F)c(C(F)(F)F)c1)c1cccnc1. The van der Waals surface area contributed by atoms with Crippen molar-refractivity contribution in [2.75, 3.05) is 5.32 Å². The van der Waals surface area contributed by atoms with Crippen LogP contribution >= 0.6 is 0 Å². The molecule has 0 bridgehead atoms. The summed E-state index contributed by atoms with van der Waals surface area (Å²) in [6, 6.07) is 4.07. The van der Waals surface area contributed by atoms with Crippen LogP contribution in [-0.4, -0.2) is 10.9 Å². The minimum Gasteiger partial charge on any atom is -0.322 e. The van der Waals surface area contributed by atoms with Gasteiger partial charge < -0.3 is 5.32 Å². The van der Waals surface area contributed by atoms with Crippen molar-refractivity contribution in [3.05, 3.63) is 59.4 Å². The van der Waals surface area contributed by atoms with Gasteiger partial charge in [0.15, 0.2) is 0 Å². The number of amides is 1. The van der Waals surface area contributed by atoms with Crippen LogP contribution in [0, 0.1) is 0 Å². The van der Waals surface area contributed by atoms with Crippen molar-refractivity contribution in [1.29, 1.82) is 0 Å². The zero-order valence-corrected chi connectivity index (χ0v) is 11.2. The van der Waals surface area contributed by atoms with Gasteiger partial charge in [-0.3, -0.25) is 9.78 Å². The van der Waals surface area contributed by atoms with Crippen molar-refractivity contribution in [2.45, 2.75) is 12.4 Å². The van der Waals surface area contributed by atoms with Crippen molar-refractivity contribution >= 4 is 11.6 Å². The monoisotopic (exact) mass is 334 g/mol. The fourth-order valence-electron chi connectivity index (χ4n) is 1.80. The highest BCUT2D eigenvalue weighted by Crippen LogP contribution is 2.41. The maximum absolute atomic E-state index is 12.8. The van der Waals surface area contributed by atoms with Gasteiger partial charge in [0.25, 0.3) is 5.91 Å². The molecule has 1 N–H and O–H groups in total. The summed E-state index contributed by atoms with van der Waals surface area (Å²) >= 11 is 0. The maximum Gasteiger partial charge on any atom is 0.417 e. The maximum atomic E-state index is 12.8. The van der Waals surface area contributed by atoms with E-state index in [0.29, 0.717) is 0 Å². The van der Waals surface area contributed by atoms with Crippen LogP contribution in [0.25, 0.3) is 0 Å². The Bertz CT molecular complexity index is 709. The summed E-state index contributed by atoms with van der Waals surface area (Å²) in [6.45, 7) is 0. The molecule has 1 aromatic carbocycles. The van der Waals surface area contributed by atoms with Crippen LogP contribution in [0.3, 0.4) is 0 Å². The average Bonchev–Trinajstić information content (AvgIpc) is 2.46. The molecule has 1 amide bonds. The van der Waals surface area contributed by atoms with E-state index in [4.69, 9.17) is 0 Å². The van der Waals surface area contributed by atoms with Gasteiger partial charge in [-0.1, -0.05) is 0 Å². The first-order valence-electron chi connectivity index (χ1n) is 6.09. The van der Waals surface area contributed by atoms with E-state index in [9.17, 15) is 31.1 Å². The van der Waals surface area contributed by atoms with Gasteiger partial charge in [-0.05, 0) is 30.3 Å². The molecule has 2 rings (SSSR count). The number of nitrogens with zero attached hydrogens (tertiary/aromatic N) is 1. The number of aromatic nitrogens is 1. The summed E-state index contributed by atoms with van der Waals surface area (Å²) in [5.41, 5.74) is -4.03. The second kappa shape index (κ2) is 5.90. The number of carbonyl (C=O) groups excluding carboxylic acids is 1. The summed E-state index contributed by atoms with van der Waals surface area (Å²) in [4.78, 5) is 15.5. The number of carbonyl (C=O) groups is 1. The summed E-state index contributed by atoms with van der Waals surface area (Å²) in [5, 5.41) is 2.10. The summed E-state index contributed by atoms with van der Waals surface area (Å²) < 4.78 is 76.3. The molecule has 23 heavy (non-hydrogen) atoms. The number of pyridine rings is 1. The molecule has 0 aliphatic carbocycles. The van der Waals surface area contributed by atoms with Gasteiger partial charge in [-0.2, -0.15) is 26.3 Å². The molecule has 1 aromatic heterocycles. The Kier molecular flexibility index (Phi) is 4.31. The molecule has 0 spiro atoms. The molecule has 0 saturated heterocycles. The standard InChI is InChI=1S/C14H8F6N2O/c15-13(16,17)10-4-3-9(6-11(10)14(18,19)20)22-12(23)8-2-1-5-21-7-8/h1-7H,(H,22,23). The van der Waals surface area contributed by atoms with Crippen molar-refractivity contribution in [2.24, 2.45) is 0 Å². The van der Waals surface area contributed by atoms with Gasteiger partial charge in [-0.15, -0.1) is 0 Å². The van der Waals surface area contributed by atoms with Gasteiger partial charge in [0.2, 0.25) is 0 Å². The molecule has 0 radical (unpaired) electrons. The zero-order valence-electron chi connectivity index (χ0n) is 11.2. The lowest BCUT2D eigenvalue weighted by Crippen LogP contribution is -2.18. The molecule has 9 heteroatoms. The van der Waals surface area contributed by atoms with E-state index >= 15 is 0 Å². The molecule has 1 heterocycles. The van der Waals surface area contributed by atoms with Gasteiger partial charge in [0.1, 0.15) is 0 Å². The molecule has 0 fully saturated rings. The number of halogens is 6. The Balaban J connectivity index is 2.37. The fourth-order valence-corrected chi connectivity index (χ4v) is 1.80. The number of hydrogen-bond donors (Lipinski definition) is 1. The number of benzene rings is 1. The Morgan fingerprint density at radius 3 is 2.13 bits per heavy atom. The fraction of sp³-hybridized carbons (Fsp3) is 0.143. The lowest BCUT2D eigenvalue weighted by molar-refractivity contribution is -0.162. The molecule has 0 atom stereocenters. The smallest absolute Gasteiger partial charge is 0.322 e.